The molecule has 1 fully saturated rings. The molecule has 1 aromatic rings. The Bertz CT molecular complexity index is 402. The van der Waals surface area contributed by atoms with E-state index in [-0.39, 0.29) is 12.5 Å². The van der Waals surface area contributed by atoms with E-state index in [0.717, 1.165) is 12.8 Å². The summed E-state index contributed by atoms with van der Waals surface area (Å²) in [6, 6.07) is 0. The van der Waals surface area contributed by atoms with E-state index in [1.807, 2.05) is 0 Å². The molecule has 0 aliphatic carbocycles. The highest BCUT2D eigenvalue weighted by atomic mass is 16.5. The van der Waals surface area contributed by atoms with Gasteiger partial charge in [0.25, 0.3) is 0 Å². The van der Waals surface area contributed by atoms with E-state index in [2.05, 4.69) is 15.5 Å². The van der Waals surface area contributed by atoms with Gasteiger partial charge in [0.15, 0.2) is 5.82 Å². The van der Waals surface area contributed by atoms with Crippen molar-refractivity contribution < 1.29 is 19.4 Å². The minimum atomic E-state index is -0.909. The van der Waals surface area contributed by atoms with Gasteiger partial charge in [0.2, 0.25) is 0 Å². The SMILES string of the molecule is COC(CC(=O)O)Cn1nnnc1C1CCCO1. The van der Waals surface area contributed by atoms with Gasteiger partial charge >= 0.3 is 5.97 Å². The second kappa shape index (κ2) is 5.87. The summed E-state index contributed by atoms with van der Waals surface area (Å²) in [7, 11) is 1.48. The Hall–Kier alpha value is -1.54. The molecule has 0 radical (unpaired) electrons. The quantitative estimate of drug-likeness (QED) is 0.765. The Morgan fingerprint density at radius 1 is 1.72 bits per heavy atom. The lowest BCUT2D eigenvalue weighted by atomic mass is 10.2. The van der Waals surface area contributed by atoms with Gasteiger partial charge in [-0.3, -0.25) is 4.79 Å². The van der Waals surface area contributed by atoms with Crippen molar-refractivity contribution in [3.8, 4) is 0 Å². The van der Waals surface area contributed by atoms with Crippen LogP contribution < -0.4 is 0 Å². The first-order chi connectivity index (χ1) is 8.70. The number of carbonyl (C=O) groups is 1. The number of hydrogen-bond acceptors (Lipinski definition) is 6. The maximum Gasteiger partial charge on any atom is 0.306 e. The van der Waals surface area contributed by atoms with Crippen LogP contribution in [0.25, 0.3) is 0 Å². The Morgan fingerprint density at radius 3 is 3.17 bits per heavy atom. The molecule has 2 heterocycles. The predicted molar refractivity (Wildman–Crippen MR) is 58.8 cm³/mol. The fourth-order valence-electron chi connectivity index (χ4n) is 1.96. The highest BCUT2D eigenvalue weighted by Gasteiger charge is 2.25. The molecule has 1 saturated heterocycles. The largest absolute Gasteiger partial charge is 0.481 e. The maximum atomic E-state index is 10.7. The minimum Gasteiger partial charge on any atom is -0.481 e. The number of carboxylic acids is 1. The fraction of sp³-hybridized carbons (Fsp3) is 0.800. The first-order valence-corrected chi connectivity index (χ1v) is 5.83. The molecule has 8 heteroatoms. The Labute approximate surface area is 104 Å². The average Bonchev–Trinajstić information content (AvgIpc) is 2.96. The van der Waals surface area contributed by atoms with Crippen LogP contribution >= 0.6 is 0 Å². The van der Waals surface area contributed by atoms with Crippen LogP contribution in [0.3, 0.4) is 0 Å². The van der Waals surface area contributed by atoms with Gasteiger partial charge in [-0.2, -0.15) is 0 Å². The third-order valence-corrected chi connectivity index (χ3v) is 2.89. The van der Waals surface area contributed by atoms with Gasteiger partial charge in [-0.1, -0.05) is 0 Å². The zero-order valence-corrected chi connectivity index (χ0v) is 10.2. The molecule has 2 unspecified atom stereocenters. The molecule has 0 aromatic carbocycles. The smallest absolute Gasteiger partial charge is 0.306 e. The van der Waals surface area contributed by atoms with Gasteiger partial charge in [-0.15, -0.1) is 5.10 Å². The van der Waals surface area contributed by atoms with Gasteiger partial charge < -0.3 is 14.6 Å². The molecule has 8 nitrogen and oxygen atoms in total. The number of methoxy groups -OCH3 is 1. The summed E-state index contributed by atoms with van der Waals surface area (Å²) in [5.74, 6) is -0.270. The van der Waals surface area contributed by atoms with Gasteiger partial charge in [-0.05, 0) is 23.3 Å². The lowest BCUT2D eigenvalue weighted by molar-refractivity contribution is -0.140. The van der Waals surface area contributed by atoms with Crippen LogP contribution in [0, 0.1) is 0 Å². The Kier molecular flexibility index (Phi) is 4.21. The molecule has 0 saturated carbocycles. The molecule has 1 aromatic heterocycles. The topological polar surface area (TPSA) is 99.4 Å². The van der Waals surface area contributed by atoms with Crippen molar-refractivity contribution in [2.75, 3.05) is 13.7 Å². The van der Waals surface area contributed by atoms with Crippen LogP contribution in [0.1, 0.15) is 31.2 Å². The molecule has 1 N–H and O–H groups in total. The van der Waals surface area contributed by atoms with Gasteiger partial charge in [-0.25, -0.2) is 4.68 Å². The lowest BCUT2D eigenvalue weighted by Gasteiger charge is -2.15. The van der Waals surface area contributed by atoms with Crippen molar-refractivity contribution in [3.63, 3.8) is 0 Å². The molecular weight excluding hydrogens is 240 g/mol. The number of tetrazole rings is 1. The van der Waals surface area contributed by atoms with E-state index >= 15 is 0 Å². The predicted octanol–water partition coefficient (Wildman–Crippen LogP) is 0.0143. The average molecular weight is 256 g/mol. The molecule has 18 heavy (non-hydrogen) atoms. The van der Waals surface area contributed by atoms with Crippen LogP contribution in [-0.4, -0.2) is 51.1 Å². The number of ether oxygens (including phenoxy) is 2. The molecule has 0 spiro atoms. The summed E-state index contributed by atoms with van der Waals surface area (Å²) in [6.45, 7) is 1.02. The normalized spacial score (nSPS) is 21.1. The minimum absolute atomic E-state index is 0.0820. The fourth-order valence-corrected chi connectivity index (χ4v) is 1.96. The molecule has 100 valence electrons. The van der Waals surface area contributed by atoms with E-state index in [4.69, 9.17) is 14.6 Å². The van der Waals surface area contributed by atoms with Crippen LogP contribution in [0.2, 0.25) is 0 Å². The second-order valence-electron chi connectivity index (χ2n) is 4.18. The zero-order valence-electron chi connectivity index (χ0n) is 10.2. The van der Waals surface area contributed by atoms with E-state index < -0.39 is 12.1 Å². The summed E-state index contributed by atoms with van der Waals surface area (Å²) in [4.78, 5) is 10.7. The molecule has 1 aliphatic rings. The van der Waals surface area contributed by atoms with E-state index in [1.54, 1.807) is 4.68 Å². The molecule has 2 rings (SSSR count). The van der Waals surface area contributed by atoms with Crippen molar-refractivity contribution in [2.24, 2.45) is 0 Å². The summed E-state index contributed by atoms with van der Waals surface area (Å²) in [5.41, 5.74) is 0. The summed E-state index contributed by atoms with van der Waals surface area (Å²) < 4.78 is 12.2. The first kappa shape index (κ1) is 12.9. The van der Waals surface area contributed by atoms with Gasteiger partial charge in [0.1, 0.15) is 6.10 Å². The van der Waals surface area contributed by atoms with E-state index in [0.29, 0.717) is 19.0 Å². The number of carboxylic acid groups (broad SMARTS) is 1. The molecule has 0 bridgehead atoms. The van der Waals surface area contributed by atoms with E-state index in [1.165, 1.54) is 7.11 Å². The number of rotatable bonds is 6. The van der Waals surface area contributed by atoms with E-state index in [9.17, 15) is 4.79 Å². The third kappa shape index (κ3) is 3.02. The lowest BCUT2D eigenvalue weighted by Crippen LogP contribution is -2.24. The van der Waals surface area contributed by atoms with Crippen LogP contribution in [-0.2, 0) is 20.8 Å². The van der Waals surface area contributed by atoms with Gasteiger partial charge in [0, 0.05) is 13.7 Å². The molecule has 1 aliphatic heterocycles. The van der Waals surface area contributed by atoms with Crippen molar-refractivity contribution in [1.82, 2.24) is 20.2 Å². The number of aliphatic carboxylic acids is 1. The molecule has 0 amide bonds. The Balaban J connectivity index is 2.03. The number of aromatic nitrogens is 4. The summed E-state index contributed by atoms with van der Waals surface area (Å²) in [5, 5.41) is 20.2. The van der Waals surface area contributed by atoms with Crippen LogP contribution in [0.4, 0.5) is 0 Å². The number of nitrogens with zero attached hydrogens (tertiary/aromatic N) is 4. The zero-order chi connectivity index (χ0) is 13.0. The second-order valence-corrected chi connectivity index (χ2v) is 4.18. The first-order valence-electron chi connectivity index (χ1n) is 5.83. The highest BCUT2D eigenvalue weighted by molar-refractivity contribution is 5.67. The van der Waals surface area contributed by atoms with Crippen molar-refractivity contribution in [2.45, 2.75) is 38.0 Å². The van der Waals surface area contributed by atoms with Crippen molar-refractivity contribution in [3.05, 3.63) is 5.82 Å². The molecule has 2 atom stereocenters. The monoisotopic (exact) mass is 256 g/mol. The third-order valence-electron chi connectivity index (χ3n) is 2.89. The Morgan fingerprint density at radius 2 is 2.56 bits per heavy atom. The van der Waals surface area contributed by atoms with Crippen molar-refractivity contribution >= 4 is 5.97 Å². The standard InChI is InChI=1S/C10H16N4O4/c1-17-7(5-9(15)16)6-14-10(11-12-13-14)8-3-2-4-18-8/h7-8H,2-6H2,1H3,(H,15,16). The van der Waals surface area contributed by atoms with Crippen LogP contribution in [0.15, 0.2) is 0 Å². The summed E-state index contributed by atoms with van der Waals surface area (Å²) in [6.07, 6.45) is 1.24. The van der Waals surface area contributed by atoms with Crippen LogP contribution in [0.5, 0.6) is 0 Å². The number of hydrogen-bond donors (Lipinski definition) is 1. The molecular formula is C10H16N4O4. The maximum absolute atomic E-state index is 10.7. The van der Waals surface area contributed by atoms with Gasteiger partial charge in [0.05, 0.1) is 19.1 Å². The highest BCUT2D eigenvalue weighted by Crippen LogP contribution is 2.26. The van der Waals surface area contributed by atoms with Crippen molar-refractivity contribution in [1.29, 1.82) is 0 Å². The summed E-state index contributed by atoms with van der Waals surface area (Å²) >= 11 is 0.